The van der Waals surface area contributed by atoms with E-state index in [1.165, 1.54) is 21.8 Å². The lowest BCUT2D eigenvalue weighted by Gasteiger charge is -2.26. The summed E-state index contributed by atoms with van der Waals surface area (Å²) in [5.41, 5.74) is -0.965. The minimum atomic E-state index is -4.50. The van der Waals surface area contributed by atoms with Crippen LogP contribution in [0.3, 0.4) is 0 Å². The summed E-state index contributed by atoms with van der Waals surface area (Å²) in [6.07, 6.45) is -2.47. The molecular formula is C21H28F3N5O3. The number of amides is 1. The highest BCUT2D eigenvalue weighted by atomic mass is 19.4. The third kappa shape index (κ3) is 6.78. The van der Waals surface area contributed by atoms with Crippen LogP contribution in [0.2, 0.25) is 0 Å². The van der Waals surface area contributed by atoms with E-state index in [0.717, 1.165) is 6.07 Å². The van der Waals surface area contributed by atoms with Crippen molar-refractivity contribution in [2.75, 3.05) is 33.7 Å². The van der Waals surface area contributed by atoms with Gasteiger partial charge in [0.15, 0.2) is 5.82 Å². The summed E-state index contributed by atoms with van der Waals surface area (Å²) >= 11 is 0. The Hall–Kier alpha value is -2.95. The summed E-state index contributed by atoms with van der Waals surface area (Å²) < 4.78 is 45.0. The number of nitrogens with zero attached hydrogens (tertiary/aromatic N) is 5. The van der Waals surface area contributed by atoms with Crippen molar-refractivity contribution in [3.63, 3.8) is 0 Å². The molecular weight excluding hydrogens is 427 g/mol. The largest absolute Gasteiger partial charge is 0.459 e. The fourth-order valence-corrected chi connectivity index (χ4v) is 2.80. The van der Waals surface area contributed by atoms with Crippen molar-refractivity contribution >= 4 is 11.9 Å². The van der Waals surface area contributed by atoms with Crippen LogP contribution in [0.4, 0.5) is 13.2 Å². The lowest BCUT2D eigenvalue weighted by molar-refractivity contribution is -0.155. The Morgan fingerprint density at radius 3 is 2.25 bits per heavy atom. The van der Waals surface area contributed by atoms with Gasteiger partial charge < -0.3 is 14.5 Å². The van der Waals surface area contributed by atoms with Crippen LogP contribution in [0.25, 0.3) is 5.82 Å². The molecule has 0 fully saturated rings. The summed E-state index contributed by atoms with van der Waals surface area (Å²) in [6, 6.07) is 2.08. The average Bonchev–Trinajstić information content (AvgIpc) is 3.03. The topological polar surface area (TPSA) is 80.6 Å². The molecule has 176 valence electrons. The van der Waals surface area contributed by atoms with Crippen molar-refractivity contribution in [1.82, 2.24) is 24.6 Å². The molecule has 32 heavy (non-hydrogen) atoms. The summed E-state index contributed by atoms with van der Waals surface area (Å²) in [7, 11) is 3.69. The van der Waals surface area contributed by atoms with Crippen LogP contribution in [-0.4, -0.2) is 75.8 Å². The van der Waals surface area contributed by atoms with Crippen molar-refractivity contribution in [2.45, 2.75) is 39.5 Å². The first-order valence-electron chi connectivity index (χ1n) is 9.93. The van der Waals surface area contributed by atoms with Crippen LogP contribution in [0.15, 0.2) is 24.5 Å². The van der Waals surface area contributed by atoms with E-state index in [4.69, 9.17) is 4.74 Å². The predicted octanol–water partition coefficient (Wildman–Crippen LogP) is 2.94. The van der Waals surface area contributed by atoms with E-state index >= 15 is 0 Å². The molecule has 0 aliphatic heterocycles. The summed E-state index contributed by atoms with van der Waals surface area (Å²) in [5, 5.41) is 4.11. The Kier molecular flexibility index (Phi) is 7.66. The molecule has 0 saturated heterocycles. The van der Waals surface area contributed by atoms with Gasteiger partial charge in [0.1, 0.15) is 12.1 Å². The number of hydrogen-bond acceptors (Lipinski definition) is 6. The summed E-state index contributed by atoms with van der Waals surface area (Å²) in [5.74, 6) is -0.839. The Balaban J connectivity index is 2.28. The Labute approximate surface area is 185 Å². The molecule has 0 atom stereocenters. The standard InChI is InChI=1S/C21H28F3N5O3/c1-14-16(12-26-29(14)17-8-7-15(11-25-17)21(22,23)24)19(31)28(10-9-27(5)6)13-18(30)32-20(2,3)4/h7-8,11-12H,9-10,13H2,1-6H3. The van der Waals surface area contributed by atoms with Crippen LogP contribution in [0.5, 0.6) is 0 Å². The van der Waals surface area contributed by atoms with Gasteiger partial charge in [0.2, 0.25) is 0 Å². The van der Waals surface area contributed by atoms with Crippen molar-refractivity contribution in [3.8, 4) is 5.82 Å². The zero-order valence-electron chi connectivity index (χ0n) is 19.0. The molecule has 0 unspecified atom stereocenters. The van der Waals surface area contributed by atoms with Crippen LogP contribution < -0.4 is 0 Å². The fraction of sp³-hybridized carbons (Fsp3) is 0.524. The number of alkyl halides is 3. The number of esters is 1. The van der Waals surface area contributed by atoms with Crippen LogP contribution in [-0.2, 0) is 15.7 Å². The minimum absolute atomic E-state index is 0.140. The molecule has 11 heteroatoms. The van der Waals surface area contributed by atoms with Gasteiger partial charge in [-0.15, -0.1) is 0 Å². The molecule has 0 radical (unpaired) electrons. The summed E-state index contributed by atoms with van der Waals surface area (Å²) in [6.45, 7) is 7.37. The molecule has 2 aromatic rings. The third-order valence-corrected chi connectivity index (χ3v) is 4.38. The van der Waals surface area contributed by atoms with Gasteiger partial charge in [-0.3, -0.25) is 9.59 Å². The second-order valence-corrected chi connectivity index (χ2v) is 8.57. The molecule has 0 aliphatic carbocycles. The van der Waals surface area contributed by atoms with Crippen LogP contribution >= 0.6 is 0 Å². The fourth-order valence-electron chi connectivity index (χ4n) is 2.80. The number of likely N-dealkylation sites (N-methyl/N-ethyl adjacent to an activating group) is 1. The highest BCUT2D eigenvalue weighted by Gasteiger charge is 2.31. The first-order valence-corrected chi connectivity index (χ1v) is 9.93. The van der Waals surface area contributed by atoms with E-state index < -0.39 is 29.2 Å². The number of halogens is 3. The maximum atomic E-state index is 13.2. The quantitative estimate of drug-likeness (QED) is 0.598. The monoisotopic (exact) mass is 455 g/mol. The van der Waals surface area contributed by atoms with Gasteiger partial charge in [-0.05, 0) is 53.9 Å². The molecule has 2 heterocycles. The van der Waals surface area contributed by atoms with E-state index in [-0.39, 0.29) is 24.5 Å². The van der Waals surface area contributed by atoms with Crippen LogP contribution in [0, 0.1) is 6.92 Å². The molecule has 1 amide bonds. The van der Waals surface area contributed by atoms with Crippen molar-refractivity contribution in [1.29, 1.82) is 0 Å². The number of hydrogen-bond donors (Lipinski definition) is 0. The van der Waals surface area contributed by atoms with Gasteiger partial charge in [-0.25, -0.2) is 9.67 Å². The molecule has 0 spiro atoms. The van der Waals surface area contributed by atoms with Crippen molar-refractivity contribution in [3.05, 3.63) is 41.3 Å². The van der Waals surface area contributed by atoms with Gasteiger partial charge in [-0.1, -0.05) is 0 Å². The van der Waals surface area contributed by atoms with E-state index in [2.05, 4.69) is 10.1 Å². The molecule has 2 aromatic heterocycles. The maximum absolute atomic E-state index is 13.2. The zero-order valence-corrected chi connectivity index (χ0v) is 19.0. The van der Waals surface area contributed by atoms with Crippen LogP contribution in [0.1, 0.15) is 42.4 Å². The minimum Gasteiger partial charge on any atom is -0.459 e. The SMILES string of the molecule is Cc1c(C(=O)N(CCN(C)C)CC(=O)OC(C)(C)C)cnn1-c1ccc(C(F)(F)F)cn1. The first-order chi connectivity index (χ1) is 14.7. The normalized spacial score (nSPS) is 12.2. The van der Waals surface area contributed by atoms with Gasteiger partial charge in [0.05, 0.1) is 23.0 Å². The number of ether oxygens (including phenoxy) is 1. The van der Waals surface area contributed by atoms with Gasteiger partial charge in [0.25, 0.3) is 5.91 Å². The molecule has 0 aromatic carbocycles. The highest BCUT2D eigenvalue weighted by Crippen LogP contribution is 2.29. The van der Waals surface area contributed by atoms with Gasteiger partial charge in [0, 0.05) is 19.3 Å². The van der Waals surface area contributed by atoms with E-state index in [0.29, 0.717) is 18.4 Å². The number of carbonyl (C=O) groups is 2. The lowest BCUT2D eigenvalue weighted by atomic mass is 10.2. The second-order valence-electron chi connectivity index (χ2n) is 8.57. The smallest absolute Gasteiger partial charge is 0.417 e. The number of rotatable bonds is 7. The van der Waals surface area contributed by atoms with Crippen molar-refractivity contribution in [2.24, 2.45) is 0 Å². The zero-order chi connectivity index (χ0) is 24.3. The molecule has 2 rings (SSSR count). The molecule has 0 bridgehead atoms. The molecule has 0 saturated carbocycles. The Morgan fingerprint density at radius 2 is 1.75 bits per heavy atom. The number of carbonyl (C=O) groups excluding carboxylic acids is 2. The Bertz CT molecular complexity index is 947. The molecule has 0 N–H and O–H groups in total. The number of pyridine rings is 1. The number of aromatic nitrogens is 3. The van der Waals surface area contributed by atoms with E-state index in [9.17, 15) is 22.8 Å². The maximum Gasteiger partial charge on any atom is 0.417 e. The van der Waals surface area contributed by atoms with Crippen molar-refractivity contribution < 1.29 is 27.5 Å². The summed E-state index contributed by atoms with van der Waals surface area (Å²) in [4.78, 5) is 32.6. The molecule has 0 aliphatic rings. The predicted molar refractivity (Wildman–Crippen MR) is 111 cm³/mol. The van der Waals surface area contributed by atoms with E-state index in [1.54, 1.807) is 27.7 Å². The second kappa shape index (κ2) is 9.68. The molecule has 8 nitrogen and oxygen atoms in total. The van der Waals surface area contributed by atoms with Gasteiger partial charge >= 0.3 is 12.1 Å². The van der Waals surface area contributed by atoms with E-state index in [1.807, 2.05) is 19.0 Å². The highest BCUT2D eigenvalue weighted by molar-refractivity contribution is 5.96. The lowest BCUT2D eigenvalue weighted by Crippen LogP contribution is -2.42. The first kappa shape index (κ1) is 25.3. The Morgan fingerprint density at radius 1 is 1.09 bits per heavy atom. The van der Waals surface area contributed by atoms with Gasteiger partial charge in [-0.2, -0.15) is 18.3 Å². The average molecular weight is 455 g/mol. The third-order valence-electron chi connectivity index (χ3n) is 4.38.